The SMILES string of the molecule is COc1cc(Br)cc(C=C(C#N)C#N)c1OCC(=O)O. The Labute approximate surface area is 123 Å². The van der Waals surface area contributed by atoms with E-state index in [1.54, 1.807) is 24.3 Å². The Bertz CT molecular complexity index is 625. The van der Waals surface area contributed by atoms with E-state index >= 15 is 0 Å². The lowest BCUT2D eigenvalue weighted by Crippen LogP contribution is -2.11. The molecule has 0 fully saturated rings. The van der Waals surface area contributed by atoms with Crippen LogP contribution in [0.15, 0.2) is 22.2 Å². The Hall–Kier alpha value is -2.51. The van der Waals surface area contributed by atoms with Crippen LogP contribution in [0.4, 0.5) is 0 Å². The summed E-state index contributed by atoms with van der Waals surface area (Å²) < 4.78 is 10.9. The summed E-state index contributed by atoms with van der Waals surface area (Å²) in [6.07, 6.45) is 1.30. The first kappa shape index (κ1) is 15.5. The summed E-state index contributed by atoms with van der Waals surface area (Å²) >= 11 is 3.25. The summed E-state index contributed by atoms with van der Waals surface area (Å²) in [6.45, 7) is -0.562. The van der Waals surface area contributed by atoms with E-state index in [0.29, 0.717) is 15.8 Å². The molecule has 1 aromatic rings. The van der Waals surface area contributed by atoms with Crippen LogP contribution >= 0.6 is 15.9 Å². The van der Waals surface area contributed by atoms with Gasteiger partial charge >= 0.3 is 5.97 Å². The van der Waals surface area contributed by atoms with E-state index in [1.807, 2.05) is 0 Å². The molecule has 102 valence electrons. The van der Waals surface area contributed by atoms with Crippen molar-refractivity contribution in [3.8, 4) is 23.6 Å². The number of ether oxygens (including phenoxy) is 2. The summed E-state index contributed by atoms with van der Waals surface area (Å²) in [4.78, 5) is 10.6. The second-order valence-electron chi connectivity index (χ2n) is 3.49. The molecule has 20 heavy (non-hydrogen) atoms. The van der Waals surface area contributed by atoms with Gasteiger partial charge in [-0.15, -0.1) is 0 Å². The third-order valence-electron chi connectivity index (χ3n) is 2.15. The molecule has 0 aliphatic carbocycles. The fourth-order valence-corrected chi connectivity index (χ4v) is 1.84. The lowest BCUT2D eigenvalue weighted by Gasteiger charge is -2.12. The van der Waals surface area contributed by atoms with E-state index in [1.165, 1.54) is 13.2 Å². The largest absolute Gasteiger partial charge is 0.493 e. The van der Waals surface area contributed by atoms with Gasteiger partial charge in [0, 0.05) is 10.0 Å². The van der Waals surface area contributed by atoms with Gasteiger partial charge in [0.2, 0.25) is 0 Å². The highest BCUT2D eigenvalue weighted by molar-refractivity contribution is 9.10. The van der Waals surface area contributed by atoms with Gasteiger partial charge in [-0.2, -0.15) is 10.5 Å². The normalized spacial score (nSPS) is 9.00. The van der Waals surface area contributed by atoms with Crippen LogP contribution in [0.25, 0.3) is 6.08 Å². The minimum atomic E-state index is -1.15. The standard InChI is InChI=1S/C13H9BrN2O4/c1-19-11-4-10(14)3-9(2-8(5-15)6-16)13(11)20-7-12(17)18/h2-4H,7H2,1H3,(H,17,18). The minimum Gasteiger partial charge on any atom is -0.493 e. The monoisotopic (exact) mass is 336 g/mol. The predicted octanol–water partition coefficient (Wildman–Crippen LogP) is 2.35. The molecule has 0 spiro atoms. The molecule has 0 unspecified atom stereocenters. The molecule has 0 aliphatic rings. The number of hydrogen-bond acceptors (Lipinski definition) is 5. The van der Waals surface area contributed by atoms with Crippen molar-refractivity contribution in [2.75, 3.05) is 13.7 Å². The number of rotatable bonds is 5. The number of allylic oxidation sites excluding steroid dienone is 1. The highest BCUT2D eigenvalue weighted by atomic mass is 79.9. The van der Waals surface area contributed by atoms with Crippen molar-refractivity contribution in [2.45, 2.75) is 0 Å². The van der Waals surface area contributed by atoms with Gasteiger partial charge in [0.15, 0.2) is 18.1 Å². The molecule has 0 aliphatic heterocycles. The number of benzene rings is 1. The van der Waals surface area contributed by atoms with Crippen LogP contribution in [0.3, 0.4) is 0 Å². The highest BCUT2D eigenvalue weighted by Crippen LogP contribution is 2.36. The van der Waals surface area contributed by atoms with Crippen LogP contribution in [0, 0.1) is 22.7 Å². The minimum absolute atomic E-state index is 0.134. The van der Waals surface area contributed by atoms with Crippen LogP contribution in [0.2, 0.25) is 0 Å². The van der Waals surface area contributed by atoms with E-state index in [2.05, 4.69) is 15.9 Å². The van der Waals surface area contributed by atoms with Gasteiger partial charge in [-0.3, -0.25) is 0 Å². The van der Waals surface area contributed by atoms with Gasteiger partial charge in [-0.25, -0.2) is 4.79 Å². The van der Waals surface area contributed by atoms with Gasteiger partial charge < -0.3 is 14.6 Å². The van der Waals surface area contributed by atoms with Crippen LogP contribution in [0.1, 0.15) is 5.56 Å². The van der Waals surface area contributed by atoms with Crippen molar-refractivity contribution in [3.05, 3.63) is 27.7 Å². The molecule has 0 radical (unpaired) electrons. The molecule has 0 saturated carbocycles. The first-order chi connectivity index (χ1) is 9.51. The lowest BCUT2D eigenvalue weighted by atomic mass is 10.1. The fourth-order valence-electron chi connectivity index (χ4n) is 1.38. The quantitative estimate of drug-likeness (QED) is 0.827. The van der Waals surface area contributed by atoms with Crippen LogP contribution in [0.5, 0.6) is 11.5 Å². The summed E-state index contributed by atoms with van der Waals surface area (Å²) in [5.74, 6) is -0.700. The number of carboxylic acids is 1. The van der Waals surface area contributed by atoms with Crippen molar-refractivity contribution < 1.29 is 19.4 Å². The first-order valence-electron chi connectivity index (χ1n) is 5.25. The van der Waals surface area contributed by atoms with E-state index in [9.17, 15) is 4.79 Å². The molecule has 0 saturated heterocycles. The fraction of sp³-hybridized carbons (Fsp3) is 0.154. The molecule has 1 rings (SSSR count). The van der Waals surface area contributed by atoms with Crippen LogP contribution in [-0.4, -0.2) is 24.8 Å². The molecule has 7 heteroatoms. The number of aliphatic carboxylic acids is 1. The number of methoxy groups -OCH3 is 1. The maximum absolute atomic E-state index is 10.6. The second-order valence-corrected chi connectivity index (χ2v) is 4.41. The van der Waals surface area contributed by atoms with E-state index < -0.39 is 12.6 Å². The van der Waals surface area contributed by atoms with E-state index in [4.69, 9.17) is 25.1 Å². The number of nitrogens with zero attached hydrogens (tertiary/aromatic N) is 2. The molecule has 1 N–H and O–H groups in total. The van der Waals surface area contributed by atoms with Crippen molar-refractivity contribution >= 4 is 28.0 Å². The van der Waals surface area contributed by atoms with Crippen LogP contribution in [-0.2, 0) is 4.79 Å². The number of halogens is 1. The van der Waals surface area contributed by atoms with Gasteiger partial charge in [-0.05, 0) is 18.2 Å². The average Bonchev–Trinajstić information content (AvgIpc) is 2.42. The highest BCUT2D eigenvalue weighted by Gasteiger charge is 2.13. The van der Waals surface area contributed by atoms with Crippen molar-refractivity contribution in [1.82, 2.24) is 0 Å². The lowest BCUT2D eigenvalue weighted by molar-refractivity contribution is -0.139. The number of nitriles is 2. The zero-order chi connectivity index (χ0) is 15.1. The van der Waals surface area contributed by atoms with Crippen molar-refractivity contribution in [3.63, 3.8) is 0 Å². The number of carbonyl (C=O) groups is 1. The Morgan fingerprint density at radius 1 is 1.45 bits per heavy atom. The summed E-state index contributed by atoms with van der Waals surface area (Å²) in [6, 6.07) is 6.62. The first-order valence-corrected chi connectivity index (χ1v) is 6.05. The molecular weight excluding hydrogens is 328 g/mol. The molecule has 6 nitrogen and oxygen atoms in total. The van der Waals surface area contributed by atoms with E-state index in [0.717, 1.165) is 0 Å². The Balaban J connectivity index is 3.37. The smallest absolute Gasteiger partial charge is 0.341 e. The van der Waals surface area contributed by atoms with Crippen LogP contribution < -0.4 is 9.47 Å². The summed E-state index contributed by atoms with van der Waals surface area (Å²) in [5, 5.41) is 26.2. The zero-order valence-electron chi connectivity index (χ0n) is 10.4. The average molecular weight is 337 g/mol. The summed E-state index contributed by atoms with van der Waals surface area (Å²) in [7, 11) is 1.40. The van der Waals surface area contributed by atoms with Crippen molar-refractivity contribution in [2.24, 2.45) is 0 Å². The maximum Gasteiger partial charge on any atom is 0.341 e. The van der Waals surface area contributed by atoms with Gasteiger partial charge in [0.25, 0.3) is 0 Å². The Morgan fingerprint density at radius 2 is 2.10 bits per heavy atom. The van der Waals surface area contributed by atoms with Gasteiger partial charge in [0.1, 0.15) is 17.7 Å². The molecule has 0 heterocycles. The number of hydrogen-bond donors (Lipinski definition) is 1. The molecule has 0 amide bonds. The molecule has 1 aromatic carbocycles. The van der Waals surface area contributed by atoms with Gasteiger partial charge in [0.05, 0.1) is 7.11 Å². The summed E-state index contributed by atoms with van der Waals surface area (Å²) in [5.41, 5.74) is 0.237. The van der Waals surface area contributed by atoms with Crippen molar-refractivity contribution in [1.29, 1.82) is 10.5 Å². The topological polar surface area (TPSA) is 103 Å². The second kappa shape index (κ2) is 7.17. The van der Waals surface area contributed by atoms with E-state index in [-0.39, 0.29) is 11.3 Å². The van der Waals surface area contributed by atoms with Gasteiger partial charge in [-0.1, -0.05) is 15.9 Å². The third kappa shape index (κ3) is 4.01. The Kier molecular flexibility index (Phi) is 5.57. The maximum atomic E-state index is 10.6. The zero-order valence-corrected chi connectivity index (χ0v) is 12.0. The molecular formula is C13H9BrN2O4. The molecule has 0 bridgehead atoms. The predicted molar refractivity (Wildman–Crippen MR) is 73.0 cm³/mol. The molecule has 0 aromatic heterocycles. The third-order valence-corrected chi connectivity index (χ3v) is 2.61. The number of carboxylic acid groups (broad SMARTS) is 1. The Morgan fingerprint density at radius 3 is 2.60 bits per heavy atom. The molecule has 0 atom stereocenters.